The second-order valence-corrected chi connectivity index (χ2v) is 8.32. The van der Waals surface area contributed by atoms with Crippen molar-refractivity contribution in [2.45, 2.75) is 6.92 Å². The molecule has 134 valence electrons. The molecule has 8 heteroatoms. The average Bonchev–Trinajstić information content (AvgIpc) is 3.00. The lowest BCUT2D eigenvalue weighted by atomic mass is 10.1. The van der Waals surface area contributed by atoms with Crippen molar-refractivity contribution in [2.75, 3.05) is 31.1 Å². The fraction of sp³-hybridized carbons (Fsp3) is 0.278. The van der Waals surface area contributed by atoms with Crippen molar-refractivity contribution in [3.63, 3.8) is 0 Å². The number of amides is 1. The highest BCUT2D eigenvalue weighted by atomic mass is 35.5. The van der Waals surface area contributed by atoms with Crippen LogP contribution in [0.5, 0.6) is 0 Å². The summed E-state index contributed by atoms with van der Waals surface area (Å²) < 4.78 is 0. The zero-order chi connectivity index (χ0) is 18.3. The Morgan fingerprint density at radius 3 is 2.42 bits per heavy atom. The maximum absolute atomic E-state index is 12.7. The molecule has 1 aromatic carbocycles. The zero-order valence-corrected chi connectivity index (χ0v) is 16.4. The molecule has 0 atom stereocenters. The molecule has 4 rings (SSSR count). The fourth-order valence-electron chi connectivity index (χ4n) is 3.20. The highest BCUT2D eigenvalue weighted by molar-refractivity contribution is 7.18. The third-order valence-corrected chi connectivity index (χ3v) is 5.80. The number of halogens is 2. The van der Waals surface area contributed by atoms with Gasteiger partial charge in [-0.1, -0.05) is 23.2 Å². The van der Waals surface area contributed by atoms with E-state index in [2.05, 4.69) is 27.9 Å². The van der Waals surface area contributed by atoms with Crippen LogP contribution < -0.4 is 4.90 Å². The molecular formula is C18H16Cl2N4OS. The quantitative estimate of drug-likeness (QED) is 0.637. The molecule has 1 amide bonds. The van der Waals surface area contributed by atoms with Crippen molar-refractivity contribution in [1.82, 2.24) is 14.9 Å². The van der Waals surface area contributed by atoms with Crippen LogP contribution in [0.25, 0.3) is 10.2 Å². The van der Waals surface area contributed by atoms with Gasteiger partial charge in [0.2, 0.25) is 0 Å². The van der Waals surface area contributed by atoms with Crippen molar-refractivity contribution >= 4 is 56.5 Å². The first kappa shape index (κ1) is 17.5. The number of aryl methyl sites for hydroxylation is 1. The number of hydrogen-bond donors (Lipinski definition) is 0. The summed E-state index contributed by atoms with van der Waals surface area (Å²) in [5, 5.41) is 2.02. The minimum absolute atomic E-state index is 0.0479. The van der Waals surface area contributed by atoms with Gasteiger partial charge in [0.1, 0.15) is 17.0 Å². The summed E-state index contributed by atoms with van der Waals surface area (Å²) in [6.07, 6.45) is 1.61. The van der Waals surface area contributed by atoms with Crippen LogP contribution >= 0.6 is 34.5 Å². The van der Waals surface area contributed by atoms with Gasteiger partial charge in [-0.2, -0.15) is 0 Å². The third-order valence-electron chi connectivity index (χ3n) is 4.41. The number of aromatic nitrogens is 2. The van der Waals surface area contributed by atoms with E-state index in [9.17, 15) is 4.79 Å². The van der Waals surface area contributed by atoms with Crippen LogP contribution in [0, 0.1) is 6.92 Å². The second kappa shape index (κ2) is 7.02. The zero-order valence-electron chi connectivity index (χ0n) is 14.1. The third kappa shape index (κ3) is 3.37. The van der Waals surface area contributed by atoms with Gasteiger partial charge < -0.3 is 9.80 Å². The van der Waals surface area contributed by atoms with Gasteiger partial charge in [0.25, 0.3) is 5.91 Å². The Morgan fingerprint density at radius 2 is 1.73 bits per heavy atom. The number of nitrogens with zero attached hydrogens (tertiary/aromatic N) is 4. The fourth-order valence-corrected chi connectivity index (χ4v) is 4.56. The summed E-state index contributed by atoms with van der Waals surface area (Å²) in [5.74, 6) is 0.894. The van der Waals surface area contributed by atoms with Gasteiger partial charge in [-0.05, 0) is 31.2 Å². The molecule has 1 aliphatic heterocycles. The predicted octanol–water partition coefficient (Wildman–Crippen LogP) is 4.27. The van der Waals surface area contributed by atoms with Crippen LogP contribution in [0.1, 0.15) is 15.2 Å². The Morgan fingerprint density at radius 1 is 1.04 bits per heavy atom. The molecule has 26 heavy (non-hydrogen) atoms. The van der Waals surface area contributed by atoms with Crippen molar-refractivity contribution < 1.29 is 4.79 Å². The van der Waals surface area contributed by atoms with Crippen LogP contribution in [-0.2, 0) is 0 Å². The number of piperazine rings is 1. The summed E-state index contributed by atoms with van der Waals surface area (Å²) in [4.78, 5) is 27.8. The van der Waals surface area contributed by atoms with E-state index in [1.807, 2.05) is 4.90 Å². The molecule has 0 saturated carbocycles. The van der Waals surface area contributed by atoms with Crippen molar-refractivity contribution in [3.8, 4) is 0 Å². The molecular weight excluding hydrogens is 391 g/mol. The van der Waals surface area contributed by atoms with Gasteiger partial charge in [-0.25, -0.2) is 9.97 Å². The summed E-state index contributed by atoms with van der Waals surface area (Å²) >= 11 is 13.7. The lowest BCUT2D eigenvalue weighted by Crippen LogP contribution is -2.49. The minimum atomic E-state index is -0.0479. The average molecular weight is 407 g/mol. The SMILES string of the molecule is Cc1cc2c(N3CCN(C(=O)c4cc(Cl)cc(Cl)c4)CC3)ncnc2s1. The second-order valence-electron chi connectivity index (χ2n) is 6.21. The van der Waals surface area contributed by atoms with Gasteiger partial charge >= 0.3 is 0 Å². The number of hydrogen-bond acceptors (Lipinski definition) is 5. The Kier molecular flexibility index (Phi) is 4.73. The van der Waals surface area contributed by atoms with E-state index >= 15 is 0 Å². The smallest absolute Gasteiger partial charge is 0.254 e. The van der Waals surface area contributed by atoms with Crippen LogP contribution in [0.4, 0.5) is 5.82 Å². The first-order valence-corrected chi connectivity index (χ1v) is 9.80. The van der Waals surface area contributed by atoms with E-state index in [-0.39, 0.29) is 5.91 Å². The lowest BCUT2D eigenvalue weighted by Gasteiger charge is -2.35. The Bertz CT molecular complexity index is 962. The van der Waals surface area contributed by atoms with E-state index in [4.69, 9.17) is 23.2 Å². The van der Waals surface area contributed by atoms with Crippen LogP contribution in [-0.4, -0.2) is 47.0 Å². The van der Waals surface area contributed by atoms with Gasteiger partial charge in [0, 0.05) is 46.7 Å². The lowest BCUT2D eigenvalue weighted by molar-refractivity contribution is 0.0746. The number of fused-ring (bicyclic) bond motifs is 1. The molecule has 5 nitrogen and oxygen atoms in total. The number of benzene rings is 1. The maximum Gasteiger partial charge on any atom is 0.254 e. The van der Waals surface area contributed by atoms with Crippen molar-refractivity contribution in [1.29, 1.82) is 0 Å². The first-order chi connectivity index (χ1) is 12.5. The van der Waals surface area contributed by atoms with Crippen molar-refractivity contribution in [2.24, 2.45) is 0 Å². The molecule has 1 saturated heterocycles. The molecule has 0 spiro atoms. The van der Waals surface area contributed by atoms with E-state index in [1.165, 1.54) is 4.88 Å². The van der Waals surface area contributed by atoms with Gasteiger partial charge in [0.05, 0.1) is 5.39 Å². The summed E-state index contributed by atoms with van der Waals surface area (Å²) in [7, 11) is 0. The van der Waals surface area contributed by atoms with E-state index in [0.717, 1.165) is 29.1 Å². The highest BCUT2D eigenvalue weighted by Gasteiger charge is 2.24. The highest BCUT2D eigenvalue weighted by Crippen LogP contribution is 2.30. The minimum Gasteiger partial charge on any atom is -0.352 e. The van der Waals surface area contributed by atoms with Crippen LogP contribution in [0.15, 0.2) is 30.6 Å². The molecule has 1 aliphatic rings. The molecule has 0 N–H and O–H groups in total. The van der Waals surface area contributed by atoms with E-state index in [1.54, 1.807) is 35.9 Å². The van der Waals surface area contributed by atoms with Gasteiger partial charge in [0.15, 0.2) is 0 Å². The van der Waals surface area contributed by atoms with Crippen LogP contribution in [0.3, 0.4) is 0 Å². The molecule has 0 radical (unpaired) electrons. The monoisotopic (exact) mass is 406 g/mol. The van der Waals surface area contributed by atoms with E-state index < -0.39 is 0 Å². The van der Waals surface area contributed by atoms with Gasteiger partial charge in [-0.15, -0.1) is 11.3 Å². The molecule has 0 unspecified atom stereocenters. The largest absolute Gasteiger partial charge is 0.352 e. The Balaban J connectivity index is 1.51. The number of carbonyl (C=O) groups is 1. The number of rotatable bonds is 2. The number of anilines is 1. The molecule has 3 aromatic rings. The number of carbonyl (C=O) groups excluding carboxylic acids is 1. The molecule has 3 heterocycles. The summed E-state index contributed by atoms with van der Waals surface area (Å²) in [6.45, 7) is 4.76. The first-order valence-electron chi connectivity index (χ1n) is 8.23. The maximum atomic E-state index is 12.7. The van der Waals surface area contributed by atoms with Crippen molar-refractivity contribution in [3.05, 3.63) is 51.1 Å². The molecule has 2 aromatic heterocycles. The van der Waals surface area contributed by atoms with Gasteiger partial charge in [-0.3, -0.25) is 4.79 Å². The predicted molar refractivity (Wildman–Crippen MR) is 107 cm³/mol. The Labute approximate surface area is 165 Å². The summed E-state index contributed by atoms with van der Waals surface area (Å²) in [6, 6.07) is 7.07. The van der Waals surface area contributed by atoms with E-state index in [0.29, 0.717) is 28.7 Å². The molecule has 1 fully saturated rings. The number of thiophene rings is 1. The van der Waals surface area contributed by atoms with Crippen LogP contribution in [0.2, 0.25) is 10.0 Å². The standard InChI is InChI=1S/C18H16Cl2N4OS/c1-11-6-15-16(21-10-22-17(15)26-11)23-2-4-24(5-3-23)18(25)12-7-13(19)9-14(20)8-12/h6-10H,2-5H2,1H3. The molecule has 0 bridgehead atoms. The Hall–Kier alpha value is -1.89. The topological polar surface area (TPSA) is 49.3 Å². The normalized spacial score (nSPS) is 14.9. The molecule has 0 aliphatic carbocycles. The summed E-state index contributed by atoms with van der Waals surface area (Å²) in [5.41, 5.74) is 0.522.